The molecular formula is C46H44O12. The zero-order valence-corrected chi connectivity index (χ0v) is 31.8. The van der Waals surface area contributed by atoms with E-state index in [1.165, 1.54) is 7.11 Å². The van der Waals surface area contributed by atoms with Crippen molar-refractivity contribution >= 4 is 17.9 Å². The third kappa shape index (κ3) is 10.4. The maximum Gasteiger partial charge on any atom is 0.338 e. The van der Waals surface area contributed by atoms with E-state index < -0.39 is 67.1 Å². The van der Waals surface area contributed by atoms with Gasteiger partial charge in [-0.2, -0.15) is 0 Å². The molecule has 0 saturated carbocycles. The molecule has 2 aliphatic heterocycles. The summed E-state index contributed by atoms with van der Waals surface area (Å²) in [4.78, 5) is 39.7. The van der Waals surface area contributed by atoms with E-state index in [0.29, 0.717) is 16.7 Å². The molecule has 58 heavy (non-hydrogen) atoms. The Balaban J connectivity index is 1.19. The maximum atomic E-state index is 13.5. The molecule has 0 spiro atoms. The van der Waals surface area contributed by atoms with E-state index in [4.69, 9.17) is 42.6 Å². The van der Waals surface area contributed by atoms with Crippen molar-refractivity contribution in [3.63, 3.8) is 0 Å². The van der Waals surface area contributed by atoms with Gasteiger partial charge in [0.1, 0.15) is 43.7 Å². The summed E-state index contributed by atoms with van der Waals surface area (Å²) in [6, 6.07) is 44.8. The Morgan fingerprint density at radius 3 is 1.33 bits per heavy atom. The van der Waals surface area contributed by atoms with Crippen molar-refractivity contribution in [1.29, 1.82) is 0 Å². The van der Waals surface area contributed by atoms with Crippen molar-refractivity contribution in [3.05, 3.63) is 179 Å². The summed E-state index contributed by atoms with van der Waals surface area (Å²) in [6.45, 7) is -0.150. The van der Waals surface area contributed by atoms with Crippen molar-refractivity contribution in [2.75, 3.05) is 20.3 Å². The van der Waals surface area contributed by atoms with Gasteiger partial charge < -0.3 is 42.6 Å². The van der Waals surface area contributed by atoms with Gasteiger partial charge in [0.15, 0.2) is 18.7 Å². The highest BCUT2D eigenvalue weighted by atomic mass is 16.8. The molecule has 12 nitrogen and oxygen atoms in total. The molecule has 0 aromatic heterocycles. The Bertz CT molecular complexity index is 2030. The van der Waals surface area contributed by atoms with Gasteiger partial charge >= 0.3 is 17.9 Å². The van der Waals surface area contributed by atoms with Crippen LogP contribution in [0.25, 0.3) is 0 Å². The van der Waals surface area contributed by atoms with Gasteiger partial charge in [0.2, 0.25) is 0 Å². The number of hydrogen-bond acceptors (Lipinski definition) is 12. The van der Waals surface area contributed by atoms with Gasteiger partial charge in [-0.3, -0.25) is 0 Å². The summed E-state index contributed by atoms with van der Waals surface area (Å²) in [5, 5.41) is 0. The van der Waals surface area contributed by atoms with Crippen LogP contribution in [-0.2, 0) is 55.8 Å². The van der Waals surface area contributed by atoms with Crippen LogP contribution in [-0.4, -0.2) is 87.4 Å². The van der Waals surface area contributed by atoms with Gasteiger partial charge in [-0.15, -0.1) is 0 Å². The summed E-state index contributed by atoms with van der Waals surface area (Å²) in [7, 11) is 1.41. The predicted molar refractivity (Wildman–Crippen MR) is 208 cm³/mol. The zero-order valence-electron chi connectivity index (χ0n) is 31.8. The normalized spacial score (nSPS) is 23.9. The molecule has 0 bridgehead atoms. The van der Waals surface area contributed by atoms with Gasteiger partial charge in [0.25, 0.3) is 0 Å². The fraction of sp³-hybridized carbons (Fsp3) is 0.283. The van der Waals surface area contributed by atoms with Crippen LogP contribution < -0.4 is 0 Å². The first-order valence-electron chi connectivity index (χ1n) is 19.0. The number of methoxy groups -OCH3 is 1. The second kappa shape index (κ2) is 20.1. The fourth-order valence-corrected chi connectivity index (χ4v) is 6.70. The SMILES string of the molecule is CO[C@H]1O[C@H](COC(=O)c2ccccc2)[C@@H](O[C@@H]2O[C@H](COC(=O)c3ccccc3)[C@@H](OCc3ccccc3)[C@@H]2OCc2ccccc2)[C@@H]1OC(=O)c1ccccc1. The molecule has 5 aromatic carbocycles. The molecule has 2 saturated heterocycles. The molecule has 2 fully saturated rings. The Morgan fingerprint density at radius 2 is 0.862 bits per heavy atom. The topological polar surface area (TPSA) is 134 Å². The smallest absolute Gasteiger partial charge is 0.338 e. The second-order valence-electron chi connectivity index (χ2n) is 13.6. The van der Waals surface area contributed by atoms with Crippen LogP contribution in [0, 0.1) is 0 Å². The lowest BCUT2D eigenvalue weighted by atomic mass is 10.1. The van der Waals surface area contributed by atoms with E-state index in [0.717, 1.165) is 11.1 Å². The molecule has 2 aliphatic rings. The summed E-state index contributed by atoms with van der Waals surface area (Å²) in [6.07, 6.45) is -8.19. The highest BCUT2D eigenvalue weighted by molar-refractivity contribution is 5.90. The standard InChI is InChI=1S/C46H44O12/c1-50-45-41(57-44(49)35-25-15-6-16-26-35)39(37(55-45)30-54-43(48)34-23-13-5-14-24-34)58-46-40(52-28-32-19-9-3-10-20-32)38(51-27-31-17-7-2-8-18-31)36(56-46)29-53-42(47)33-21-11-4-12-22-33/h2-26,36-41,45-46H,27-30H2,1H3/t36-,37-,38-,39-,40+,41+,45+,46+/m1/s1. The van der Waals surface area contributed by atoms with Gasteiger partial charge in [-0.1, -0.05) is 115 Å². The van der Waals surface area contributed by atoms with Crippen molar-refractivity contribution in [2.45, 2.75) is 62.4 Å². The molecule has 0 unspecified atom stereocenters. The Hall–Kier alpha value is -5.73. The summed E-state index contributed by atoms with van der Waals surface area (Å²) < 4.78 is 55.9. The zero-order chi connectivity index (χ0) is 40.1. The third-order valence-electron chi connectivity index (χ3n) is 9.66. The molecule has 0 N–H and O–H groups in total. The molecule has 12 heteroatoms. The van der Waals surface area contributed by atoms with Crippen LogP contribution in [0.4, 0.5) is 0 Å². The highest BCUT2D eigenvalue weighted by Gasteiger charge is 2.55. The van der Waals surface area contributed by atoms with Crippen LogP contribution in [0.3, 0.4) is 0 Å². The van der Waals surface area contributed by atoms with Crippen LogP contribution in [0.2, 0.25) is 0 Å². The van der Waals surface area contributed by atoms with E-state index in [-0.39, 0.29) is 26.4 Å². The van der Waals surface area contributed by atoms with Crippen molar-refractivity contribution < 1.29 is 57.0 Å². The van der Waals surface area contributed by atoms with Crippen LogP contribution in [0.15, 0.2) is 152 Å². The van der Waals surface area contributed by atoms with E-state index >= 15 is 0 Å². The number of carbonyl (C=O) groups is 3. The van der Waals surface area contributed by atoms with Crippen LogP contribution in [0.5, 0.6) is 0 Å². The lowest BCUT2D eigenvalue weighted by Gasteiger charge is -2.29. The molecule has 0 aliphatic carbocycles. The van der Waals surface area contributed by atoms with Gasteiger partial charge in [0, 0.05) is 7.11 Å². The van der Waals surface area contributed by atoms with Crippen LogP contribution in [0.1, 0.15) is 42.2 Å². The van der Waals surface area contributed by atoms with E-state index in [1.54, 1.807) is 84.9 Å². The number of benzene rings is 5. The molecular weight excluding hydrogens is 744 g/mol. The predicted octanol–water partition coefficient (Wildman–Crippen LogP) is 6.58. The second-order valence-corrected chi connectivity index (χ2v) is 13.6. The van der Waals surface area contributed by atoms with Gasteiger partial charge in [-0.05, 0) is 47.5 Å². The summed E-state index contributed by atoms with van der Waals surface area (Å²) in [5.41, 5.74) is 2.79. The maximum absolute atomic E-state index is 13.5. The summed E-state index contributed by atoms with van der Waals surface area (Å²) >= 11 is 0. The number of carbonyl (C=O) groups excluding carboxylic acids is 3. The Labute approximate surface area is 336 Å². The van der Waals surface area contributed by atoms with Gasteiger partial charge in [-0.25, -0.2) is 14.4 Å². The fourth-order valence-electron chi connectivity index (χ4n) is 6.70. The molecule has 0 radical (unpaired) electrons. The molecule has 5 aromatic rings. The molecule has 300 valence electrons. The van der Waals surface area contributed by atoms with E-state index in [2.05, 4.69) is 0 Å². The molecule has 0 amide bonds. The lowest BCUT2D eigenvalue weighted by molar-refractivity contribution is -0.224. The first-order valence-corrected chi connectivity index (χ1v) is 19.0. The Kier molecular flexibility index (Phi) is 14.0. The minimum Gasteiger partial charge on any atom is -0.459 e. The minimum absolute atomic E-state index is 0.156. The largest absolute Gasteiger partial charge is 0.459 e. The van der Waals surface area contributed by atoms with Crippen molar-refractivity contribution in [2.24, 2.45) is 0 Å². The number of esters is 3. The monoisotopic (exact) mass is 788 g/mol. The number of hydrogen-bond donors (Lipinski definition) is 0. The minimum atomic E-state index is -1.20. The molecule has 2 heterocycles. The number of ether oxygens (including phenoxy) is 9. The Morgan fingerprint density at radius 1 is 0.466 bits per heavy atom. The first kappa shape index (κ1) is 40.5. The van der Waals surface area contributed by atoms with Crippen molar-refractivity contribution in [1.82, 2.24) is 0 Å². The third-order valence-corrected chi connectivity index (χ3v) is 9.66. The highest BCUT2D eigenvalue weighted by Crippen LogP contribution is 2.36. The molecule has 7 rings (SSSR count). The first-order chi connectivity index (χ1) is 28.5. The summed E-state index contributed by atoms with van der Waals surface area (Å²) in [5.74, 6) is -1.78. The van der Waals surface area contributed by atoms with E-state index in [1.807, 2.05) is 66.7 Å². The average Bonchev–Trinajstić information content (AvgIpc) is 3.79. The average molecular weight is 789 g/mol. The van der Waals surface area contributed by atoms with Crippen LogP contribution >= 0.6 is 0 Å². The number of rotatable bonds is 17. The lowest BCUT2D eigenvalue weighted by Crippen LogP contribution is -2.46. The van der Waals surface area contributed by atoms with Gasteiger partial charge in [0.05, 0.1) is 29.9 Å². The molecule has 8 atom stereocenters. The van der Waals surface area contributed by atoms with E-state index in [9.17, 15) is 14.4 Å². The van der Waals surface area contributed by atoms with Crippen molar-refractivity contribution in [3.8, 4) is 0 Å². The quantitative estimate of drug-likeness (QED) is 0.0745.